The standard InChI is InChI=1S/C15H19BrN4O2S2/c1-15(2,21)9-23-13-12(16)8-18-14(20-13)19-10-4-6-11(7-5-10)24(3,17)22/h4-8,21H,3,9H2,1-2H3,(H2,17,22)(H,18,19,20). The van der Waals surface area contributed by atoms with Gasteiger partial charge >= 0.3 is 0 Å². The van der Waals surface area contributed by atoms with E-state index >= 15 is 0 Å². The van der Waals surface area contributed by atoms with Crippen LogP contribution in [0.1, 0.15) is 13.8 Å². The summed E-state index contributed by atoms with van der Waals surface area (Å²) in [5.41, 5.74) is -0.0506. The number of anilines is 2. The van der Waals surface area contributed by atoms with Crippen LogP contribution in [0.2, 0.25) is 0 Å². The van der Waals surface area contributed by atoms with E-state index in [1.165, 1.54) is 11.8 Å². The Labute approximate surface area is 154 Å². The summed E-state index contributed by atoms with van der Waals surface area (Å²) in [6.07, 6.45) is 1.65. The van der Waals surface area contributed by atoms with Crippen molar-refractivity contribution in [3.05, 3.63) is 34.9 Å². The van der Waals surface area contributed by atoms with Crippen molar-refractivity contribution in [2.75, 3.05) is 11.1 Å². The van der Waals surface area contributed by atoms with Gasteiger partial charge in [-0.25, -0.2) is 14.2 Å². The number of aliphatic hydroxyl groups is 1. The highest BCUT2D eigenvalue weighted by atomic mass is 79.9. The summed E-state index contributed by atoms with van der Waals surface area (Å²) in [6.45, 7) is 3.49. The number of nitrogens with zero attached hydrogens (tertiary/aromatic N) is 2. The maximum atomic E-state index is 11.7. The highest BCUT2D eigenvalue weighted by molar-refractivity contribution is 9.10. The van der Waals surface area contributed by atoms with Crippen molar-refractivity contribution < 1.29 is 9.32 Å². The lowest BCUT2D eigenvalue weighted by Gasteiger charge is -2.16. The third kappa shape index (κ3) is 5.75. The van der Waals surface area contributed by atoms with Crippen molar-refractivity contribution in [3.8, 4) is 0 Å². The molecule has 0 spiro atoms. The molecule has 0 aliphatic heterocycles. The Morgan fingerprint density at radius 1 is 1.42 bits per heavy atom. The molecule has 0 saturated heterocycles. The van der Waals surface area contributed by atoms with Gasteiger partial charge in [-0.3, -0.25) is 5.14 Å². The molecule has 1 heterocycles. The van der Waals surface area contributed by atoms with Crippen LogP contribution >= 0.6 is 27.7 Å². The zero-order valence-electron chi connectivity index (χ0n) is 13.3. The van der Waals surface area contributed by atoms with Gasteiger partial charge in [0, 0.05) is 22.5 Å². The van der Waals surface area contributed by atoms with Gasteiger partial charge in [0.25, 0.3) is 0 Å². The lowest BCUT2D eigenvalue weighted by Crippen LogP contribution is -2.21. The molecule has 24 heavy (non-hydrogen) atoms. The van der Waals surface area contributed by atoms with Crippen molar-refractivity contribution in [1.29, 1.82) is 0 Å². The molecule has 1 unspecified atom stereocenters. The molecule has 1 aromatic carbocycles. The molecule has 0 bridgehead atoms. The molecule has 0 amide bonds. The van der Waals surface area contributed by atoms with Crippen molar-refractivity contribution in [3.63, 3.8) is 0 Å². The fourth-order valence-corrected chi connectivity index (χ4v) is 3.62. The van der Waals surface area contributed by atoms with Gasteiger partial charge in [-0.1, -0.05) is 0 Å². The Morgan fingerprint density at radius 2 is 2.04 bits per heavy atom. The maximum Gasteiger partial charge on any atom is 0.228 e. The number of nitrogens with two attached hydrogens (primary N) is 1. The Morgan fingerprint density at radius 3 is 2.58 bits per heavy atom. The molecule has 1 aromatic heterocycles. The molecule has 4 N–H and O–H groups in total. The first-order valence-electron chi connectivity index (χ1n) is 6.94. The molecule has 1 atom stereocenters. The quantitative estimate of drug-likeness (QED) is 0.370. The summed E-state index contributed by atoms with van der Waals surface area (Å²) >= 11 is 4.84. The molecular formula is C15H19BrN4O2S2. The van der Waals surface area contributed by atoms with Crippen molar-refractivity contribution >= 4 is 54.9 Å². The van der Waals surface area contributed by atoms with E-state index in [4.69, 9.17) is 5.14 Å². The fraction of sp³-hybridized carbons (Fsp3) is 0.267. The molecule has 0 saturated carbocycles. The second-order valence-electron chi connectivity index (χ2n) is 5.82. The smallest absolute Gasteiger partial charge is 0.228 e. The molecule has 130 valence electrons. The van der Waals surface area contributed by atoms with E-state index in [1.54, 1.807) is 44.3 Å². The topological polar surface area (TPSA) is 101 Å². The molecule has 6 nitrogen and oxygen atoms in total. The number of hydrogen-bond donors (Lipinski definition) is 3. The van der Waals surface area contributed by atoms with E-state index in [-0.39, 0.29) is 0 Å². The molecule has 2 aromatic rings. The minimum Gasteiger partial charge on any atom is -0.390 e. The second-order valence-corrected chi connectivity index (χ2v) is 9.57. The highest BCUT2D eigenvalue weighted by Crippen LogP contribution is 2.29. The molecule has 0 fully saturated rings. The Bertz CT molecular complexity index is 818. The van der Waals surface area contributed by atoms with Gasteiger partial charge in [-0.05, 0) is 59.9 Å². The van der Waals surface area contributed by atoms with E-state index in [2.05, 4.69) is 37.1 Å². The minimum atomic E-state index is -2.72. The van der Waals surface area contributed by atoms with Gasteiger partial charge in [0.1, 0.15) is 5.03 Å². The van der Waals surface area contributed by atoms with E-state index < -0.39 is 15.3 Å². The molecular weight excluding hydrogens is 412 g/mol. The van der Waals surface area contributed by atoms with E-state index in [9.17, 15) is 9.32 Å². The predicted molar refractivity (Wildman–Crippen MR) is 104 cm³/mol. The van der Waals surface area contributed by atoms with Crippen LogP contribution in [0, 0.1) is 0 Å². The normalized spacial score (nSPS) is 14.2. The van der Waals surface area contributed by atoms with Crippen LogP contribution in [0.4, 0.5) is 11.6 Å². The zero-order chi connectivity index (χ0) is 18.0. The van der Waals surface area contributed by atoms with Crippen LogP contribution in [0.5, 0.6) is 0 Å². The van der Waals surface area contributed by atoms with Gasteiger partial charge in [0.05, 0.1) is 19.8 Å². The van der Waals surface area contributed by atoms with Gasteiger partial charge in [-0.2, -0.15) is 0 Å². The average molecular weight is 431 g/mol. The van der Waals surface area contributed by atoms with Gasteiger partial charge in [-0.15, -0.1) is 11.8 Å². The summed E-state index contributed by atoms with van der Waals surface area (Å²) in [5, 5.41) is 19.1. The van der Waals surface area contributed by atoms with Gasteiger partial charge in [0.15, 0.2) is 0 Å². The van der Waals surface area contributed by atoms with Gasteiger partial charge in [0.2, 0.25) is 5.95 Å². The number of thioether (sulfide) groups is 1. The van der Waals surface area contributed by atoms with Crippen molar-refractivity contribution in [1.82, 2.24) is 9.97 Å². The molecule has 0 aliphatic rings. The third-order valence-corrected chi connectivity index (χ3v) is 6.13. The number of benzene rings is 1. The first kappa shape index (κ1) is 19.2. The van der Waals surface area contributed by atoms with Gasteiger partial charge < -0.3 is 10.4 Å². The molecule has 9 heteroatoms. The monoisotopic (exact) mass is 430 g/mol. The summed E-state index contributed by atoms with van der Waals surface area (Å²) in [6, 6.07) is 6.78. The van der Waals surface area contributed by atoms with E-state index in [0.29, 0.717) is 16.6 Å². The van der Waals surface area contributed by atoms with Crippen LogP contribution in [0.25, 0.3) is 0 Å². The SMILES string of the molecule is C=S(N)(=O)c1ccc(Nc2ncc(Br)c(SCC(C)(C)O)n2)cc1. The van der Waals surface area contributed by atoms with Crippen LogP contribution in [-0.2, 0) is 9.71 Å². The molecule has 0 aliphatic carbocycles. The number of rotatable bonds is 6. The summed E-state index contributed by atoms with van der Waals surface area (Å²) in [4.78, 5) is 9.12. The predicted octanol–water partition coefficient (Wildman–Crippen LogP) is 2.79. The lowest BCUT2D eigenvalue weighted by atomic mass is 10.2. The van der Waals surface area contributed by atoms with Crippen molar-refractivity contribution in [2.45, 2.75) is 29.4 Å². The first-order valence-corrected chi connectivity index (χ1v) is 10.5. The van der Waals surface area contributed by atoms with Crippen LogP contribution in [0.3, 0.4) is 0 Å². The molecule has 2 rings (SSSR count). The van der Waals surface area contributed by atoms with E-state index in [0.717, 1.165) is 15.2 Å². The van der Waals surface area contributed by atoms with E-state index in [1.807, 2.05) is 0 Å². The summed E-state index contributed by atoms with van der Waals surface area (Å²) in [7, 11) is -2.72. The fourth-order valence-electron chi connectivity index (χ4n) is 1.66. The number of nitrogens with one attached hydrogen (secondary N) is 1. The zero-order valence-corrected chi connectivity index (χ0v) is 16.5. The Kier molecular flexibility index (Phi) is 5.92. The minimum absolute atomic E-state index is 0.423. The number of halogens is 1. The summed E-state index contributed by atoms with van der Waals surface area (Å²) in [5.74, 6) is 4.38. The number of aromatic nitrogens is 2. The molecule has 0 radical (unpaired) electrons. The lowest BCUT2D eigenvalue weighted by molar-refractivity contribution is 0.107. The van der Waals surface area contributed by atoms with Crippen LogP contribution in [-0.4, -0.2) is 36.5 Å². The summed E-state index contributed by atoms with van der Waals surface area (Å²) < 4.78 is 12.4. The third-order valence-electron chi connectivity index (χ3n) is 2.78. The van der Waals surface area contributed by atoms with Crippen LogP contribution in [0.15, 0.2) is 44.9 Å². The second kappa shape index (κ2) is 7.40. The maximum absolute atomic E-state index is 11.7. The number of hydrogen-bond acceptors (Lipinski definition) is 6. The first-order chi connectivity index (χ1) is 11.0. The highest BCUT2D eigenvalue weighted by Gasteiger charge is 2.15. The largest absolute Gasteiger partial charge is 0.390 e. The Hall–Kier alpha value is -1.13. The van der Waals surface area contributed by atoms with Crippen molar-refractivity contribution in [2.24, 2.45) is 5.14 Å². The Balaban J connectivity index is 2.15. The van der Waals surface area contributed by atoms with Crippen LogP contribution < -0.4 is 10.5 Å². The average Bonchev–Trinajstić information content (AvgIpc) is 2.46.